The minimum absolute atomic E-state index is 0.243. The summed E-state index contributed by atoms with van der Waals surface area (Å²) in [5.41, 5.74) is -1.04. The standard InChI is InChI=1S/C15H18ClNO3S/c1-2-8-15(14(19)20)9-3-10-17(15)13(18)7-5-11-4-6-12(16)21-11/h4-7H,2-3,8-10H2,1H3,(H,19,20)/b7-5+. The Morgan fingerprint density at radius 1 is 1.52 bits per heavy atom. The van der Waals surface area contributed by atoms with Crippen LogP contribution in [0.25, 0.3) is 6.08 Å². The third kappa shape index (κ3) is 3.30. The lowest BCUT2D eigenvalue weighted by Crippen LogP contribution is -2.52. The third-order valence-corrected chi connectivity index (χ3v) is 5.00. The van der Waals surface area contributed by atoms with E-state index in [1.54, 1.807) is 12.1 Å². The second-order valence-electron chi connectivity index (χ2n) is 5.16. The molecule has 2 heterocycles. The average Bonchev–Trinajstić information content (AvgIpc) is 3.04. The van der Waals surface area contributed by atoms with E-state index in [1.807, 2.05) is 13.0 Å². The van der Waals surface area contributed by atoms with Crippen LogP contribution in [0.4, 0.5) is 0 Å². The quantitative estimate of drug-likeness (QED) is 0.840. The molecule has 2 rings (SSSR count). The first-order chi connectivity index (χ1) is 9.99. The Morgan fingerprint density at radius 3 is 2.86 bits per heavy atom. The molecule has 1 aromatic heterocycles. The number of thiophene rings is 1. The molecule has 6 heteroatoms. The highest BCUT2D eigenvalue weighted by Crippen LogP contribution is 2.34. The molecule has 0 radical (unpaired) electrons. The predicted octanol–water partition coefficient (Wildman–Crippen LogP) is 3.66. The van der Waals surface area contributed by atoms with Gasteiger partial charge in [-0.15, -0.1) is 11.3 Å². The molecule has 0 aliphatic carbocycles. The highest BCUT2D eigenvalue weighted by molar-refractivity contribution is 7.17. The predicted molar refractivity (Wildman–Crippen MR) is 84.6 cm³/mol. The Bertz CT molecular complexity index is 569. The van der Waals surface area contributed by atoms with Crippen molar-refractivity contribution in [1.29, 1.82) is 0 Å². The summed E-state index contributed by atoms with van der Waals surface area (Å²) in [5.74, 6) is -1.14. The molecule has 1 N–H and O–H groups in total. The van der Waals surface area contributed by atoms with Crippen molar-refractivity contribution in [2.45, 2.75) is 38.1 Å². The highest BCUT2D eigenvalue weighted by atomic mass is 35.5. The number of hydrogen-bond donors (Lipinski definition) is 1. The summed E-state index contributed by atoms with van der Waals surface area (Å²) in [6, 6.07) is 3.60. The van der Waals surface area contributed by atoms with Crippen molar-refractivity contribution in [3.63, 3.8) is 0 Å². The van der Waals surface area contributed by atoms with Gasteiger partial charge < -0.3 is 10.0 Å². The van der Waals surface area contributed by atoms with Gasteiger partial charge in [0, 0.05) is 17.5 Å². The third-order valence-electron chi connectivity index (χ3n) is 3.80. The number of aliphatic carboxylic acids is 1. The maximum Gasteiger partial charge on any atom is 0.329 e. The van der Waals surface area contributed by atoms with Gasteiger partial charge in [0.2, 0.25) is 5.91 Å². The molecule has 0 spiro atoms. The zero-order chi connectivity index (χ0) is 15.5. The van der Waals surface area contributed by atoms with Crippen LogP contribution in [-0.2, 0) is 9.59 Å². The molecular weight excluding hydrogens is 310 g/mol. The van der Waals surface area contributed by atoms with Crippen molar-refractivity contribution in [2.24, 2.45) is 0 Å². The minimum Gasteiger partial charge on any atom is -0.479 e. The number of hydrogen-bond acceptors (Lipinski definition) is 3. The zero-order valence-corrected chi connectivity index (χ0v) is 13.4. The molecule has 1 atom stereocenters. The Hall–Kier alpha value is -1.33. The molecule has 114 valence electrons. The molecule has 0 saturated carbocycles. The summed E-state index contributed by atoms with van der Waals surface area (Å²) < 4.78 is 0.661. The van der Waals surface area contributed by atoms with Crippen LogP contribution in [0.1, 0.15) is 37.5 Å². The molecule has 0 bridgehead atoms. The molecule has 1 amide bonds. The van der Waals surface area contributed by atoms with Crippen LogP contribution < -0.4 is 0 Å². The van der Waals surface area contributed by atoms with Crippen molar-refractivity contribution in [3.8, 4) is 0 Å². The smallest absolute Gasteiger partial charge is 0.329 e. The van der Waals surface area contributed by atoms with Crippen LogP contribution in [0, 0.1) is 0 Å². The molecule has 1 aliphatic heterocycles. The summed E-state index contributed by atoms with van der Waals surface area (Å²) >= 11 is 7.22. The van der Waals surface area contributed by atoms with Gasteiger partial charge in [0.05, 0.1) is 4.34 Å². The van der Waals surface area contributed by atoms with Crippen molar-refractivity contribution in [3.05, 3.63) is 27.4 Å². The van der Waals surface area contributed by atoms with Crippen LogP contribution in [0.5, 0.6) is 0 Å². The zero-order valence-electron chi connectivity index (χ0n) is 11.8. The highest BCUT2D eigenvalue weighted by Gasteiger charge is 2.48. The van der Waals surface area contributed by atoms with Crippen molar-refractivity contribution >= 4 is 40.9 Å². The Labute approximate surface area is 133 Å². The summed E-state index contributed by atoms with van der Waals surface area (Å²) in [4.78, 5) is 26.4. The van der Waals surface area contributed by atoms with Crippen LogP contribution in [0.2, 0.25) is 4.34 Å². The number of carboxylic acids is 1. The molecule has 1 aromatic rings. The lowest BCUT2D eigenvalue weighted by Gasteiger charge is -2.34. The van der Waals surface area contributed by atoms with E-state index in [9.17, 15) is 14.7 Å². The van der Waals surface area contributed by atoms with E-state index in [4.69, 9.17) is 11.6 Å². The average molecular weight is 328 g/mol. The molecular formula is C15H18ClNO3S. The Balaban J connectivity index is 2.17. The van der Waals surface area contributed by atoms with Crippen molar-refractivity contribution in [2.75, 3.05) is 6.54 Å². The van der Waals surface area contributed by atoms with Crippen LogP contribution in [-0.4, -0.2) is 34.0 Å². The van der Waals surface area contributed by atoms with E-state index < -0.39 is 11.5 Å². The molecule has 1 unspecified atom stereocenters. The largest absolute Gasteiger partial charge is 0.479 e. The molecule has 4 nitrogen and oxygen atoms in total. The van der Waals surface area contributed by atoms with E-state index in [1.165, 1.54) is 22.3 Å². The number of amides is 1. The summed E-state index contributed by atoms with van der Waals surface area (Å²) in [6.45, 7) is 2.44. The summed E-state index contributed by atoms with van der Waals surface area (Å²) in [6.07, 6.45) is 5.63. The molecule has 1 fully saturated rings. The number of carboxylic acid groups (broad SMARTS) is 1. The lowest BCUT2D eigenvalue weighted by atomic mass is 9.90. The van der Waals surface area contributed by atoms with Gasteiger partial charge >= 0.3 is 5.97 Å². The maximum absolute atomic E-state index is 12.4. The van der Waals surface area contributed by atoms with Crippen LogP contribution >= 0.6 is 22.9 Å². The van der Waals surface area contributed by atoms with Gasteiger partial charge in [-0.05, 0) is 37.5 Å². The van der Waals surface area contributed by atoms with E-state index >= 15 is 0 Å². The number of halogens is 1. The number of nitrogens with zero attached hydrogens (tertiary/aromatic N) is 1. The van der Waals surface area contributed by atoms with Crippen molar-refractivity contribution in [1.82, 2.24) is 4.90 Å². The van der Waals surface area contributed by atoms with E-state index in [2.05, 4.69) is 0 Å². The van der Waals surface area contributed by atoms with Gasteiger partial charge in [0.1, 0.15) is 5.54 Å². The first-order valence-corrected chi connectivity index (χ1v) is 8.17. The normalized spacial score (nSPS) is 22.1. The molecule has 21 heavy (non-hydrogen) atoms. The lowest BCUT2D eigenvalue weighted by molar-refractivity contribution is -0.155. The monoisotopic (exact) mass is 327 g/mol. The fourth-order valence-electron chi connectivity index (χ4n) is 2.86. The first-order valence-electron chi connectivity index (χ1n) is 6.98. The van der Waals surface area contributed by atoms with Gasteiger partial charge in [0.25, 0.3) is 0 Å². The van der Waals surface area contributed by atoms with Gasteiger partial charge in [-0.25, -0.2) is 4.79 Å². The van der Waals surface area contributed by atoms with Gasteiger partial charge in [-0.2, -0.15) is 0 Å². The number of carbonyl (C=O) groups excluding carboxylic acids is 1. The van der Waals surface area contributed by atoms with E-state index in [-0.39, 0.29) is 5.91 Å². The first kappa shape index (κ1) is 16.0. The Kier molecular flexibility index (Phi) is 5.06. The topological polar surface area (TPSA) is 57.6 Å². The number of rotatable bonds is 5. The number of carbonyl (C=O) groups is 2. The maximum atomic E-state index is 12.4. The minimum atomic E-state index is -1.04. The summed E-state index contributed by atoms with van der Waals surface area (Å²) in [7, 11) is 0. The van der Waals surface area contributed by atoms with Gasteiger partial charge in [-0.1, -0.05) is 24.9 Å². The van der Waals surface area contributed by atoms with E-state index in [0.717, 1.165) is 17.7 Å². The Morgan fingerprint density at radius 2 is 2.29 bits per heavy atom. The summed E-state index contributed by atoms with van der Waals surface area (Å²) in [5, 5.41) is 9.57. The fourth-order valence-corrected chi connectivity index (χ4v) is 3.83. The van der Waals surface area contributed by atoms with Gasteiger partial charge in [-0.3, -0.25) is 4.79 Å². The SMILES string of the molecule is CCCC1(C(=O)O)CCCN1C(=O)/C=C/c1ccc(Cl)s1. The van der Waals surface area contributed by atoms with Crippen LogP contribution in [0.15, 0.2) is 18.2 Å². The van der Waals surface area contributed by atoms with Crippen molar-refractivity contribution < 1.29 is 14.7 Å². The van der Waals surface area contributed by atoms with Crippen LogP contribution in [0.3, 0.4) is 0 Å². The van der Waals surface area contributed by atoms with Gasteiger partial charge in [0.15, 0.2) is 0 Å². The molecule has 0 aromatic carbocycles. The fraction of sp³-hybridized carbons (Fsp3) is 0.467. The molecule has 1 saturated heterocycles. The number of likely N-dealkylation sites (tertiary alicyclic amines) is 1. The van der Waals surface area contributed by atoms with E-state index in [0.29, 0.717) is 23.7 Å². The molecule has 1 aliphatic rings. The second kappa shape index (κ2) is 6.62. The second-order valence-corrected chi connectivity index (χ2v) is 6.90.